The van der Waals surface area contributed by atoms with E-state index in [-0.39, 0.29) is 23.6 Å². The number of quaternary nitrogens is 1. The van der Waals surface area contributed by atoms with Gasteiger partial charge in [0.05, 0.1) is 37.8 Å². The highest BCUT2D eigenvalue weighted by Gasteiger charge is 2.32. The normalized spacial score (nSPS) is 14.5. The van der Waals surface area contributed by atoms with Gasteiger partial charge in [0.1, 0.15) is 17.7 Å². The van der Waals surface area contributed by atoms with Crippen LogP contribution in [0.5, 0.6) is 0 Å². The van der Waals surface area contributed by atoms with Crippen molar-refractivity contribution < 1.29 is 18.5 Å². The molecule has 4 rings (SSSR count). The number of benzene rings is 3. The fourth-order valence-corrected chi connectivity index (χ4v) is 4.13. The molecule has 1 amide bonds. The standard InChI is InChI=1S/C25H21F2N3O/c26-22-9-5-19(6-10-22)24(20-7-11-23(27)12-8-20)29-13-15-30(16-14-29)25(31)21-3-1-18(17-28)2-4-21/h1-12,24H,13-16H2/p+1. The molecule has 1 heterocycles. The van der Waals surface area contributed by atoms with Gasteiger partial charge in [-0.05, 0) is 72.8 Å². The van der Waals surface area contributed by atoms with E-state index in [0.717, 1.165) is 11.1 Å². The van der Waals surface area contributed by atoms with E-state index in [0.29, 0.717) is 37.3 Å². The number of hydrogen-bond donors (Lipinski definition) is 1. The number of nitrogens with zero attached hydrogens (tertiary/aromatic N) is 2. The van der Waals surface area contributed by atoms with Crippen LogP contribution in [0.4, 0.5) is 8.78 Å². The number of piperazine rings is 1. The molecule has 156 valence electrons. The van der Waals surface area contributed by atoms with E-state index in [1.165, 1.54) is 29.2 Å². The maximum Gasteiger partial charge on any atom is 0.254 e. The minimum Gasteiger partial charge on any atom is -0.327 e. The number of carbonyl (C=O) groups excluding carboxylic acids is 1. The monoisotopic (exact) mass is 418 g/mol. The summed E-state index contributed by atoms with van der Waals surface area (Å²) in [5, 5.41) is 8.93. The van der Waals surface area contributed by atoms with Crippen molar-refractivity contribution >= 4 is 5.91 Å². The van der Waals surface area contributed by atoms with Gasteiger partial charge in [0.15, 0.2) is 0 Å². The van der Waals surface area contributed by atoms with E-state index in [2.05, 4.69) is 6.07 Å². The van der Waals surface area contributed by atoms with Crippen LogP contribution >= 0.6 is 0 Å². The van der Waals surface area contributed by atoms with E-state index in [1.54, 1.807) is 48.5 Å². The molecule has 1 aliphatic rings. The smallest absolute Gasteiger partial charge is 0.254 e. The summed E-state index contributed by atoms with van der Waals surface area (Å²) in [6, 6.07) is 21.5. The van der Waals surface area contributed by atoms with Crippen LogP contribution in [0.25, 0.3) is 0 Å². The lowest BCUT2D eigenvalue weighted by molar-refractivity contribution is -0.929. The van der Waals surface area contributed by atoms with Crippen molar-refractivity contribution in [2.24, 2.45) is 0 Å². The number of nitriles is 1. The van der Waals surface area contributed by atoms with Gasteiger partial charge in [-0.15, -0.1) is 0 Å². The summed E-state index contributed by atoms with van der Waals surface area (Å²) in [6.07, 6.45) is 0. The van der Waals surface area contributed by atoms with Gasteiger partial charge >= 0.3 is 0 Å². The van der Waals surface area contributed by atoms with Gasteiger partial charge in [-0.2, -0.15) is 5.26 Å². The average molecular weight is 418 g/mol. The van der Waals surface area contributed by atoms with Gasteiger partial charge < -0.3 is 9.80 Å². The SMILES string of the molecule is N#Cc1ccc(C(=O)N2CC[NH+](C(c3ccc(F)cc3)c3ccc(F)cc3)CC2)cc1. The second-order valence-electron chi connectivity index (χ2n) is 7.68. The Hall–Kier alpha value is -3.56. The van der Waals surface area contributed by atoms with Crippen molar-refractivity contribution in [3.8, 4) is 6.07 Å². The molecule has 0 unspecified atom stereocenters. The Kier molecular flexibility index (Phi) is 6.06. The summed E-state index contributed by atoms with van der Waals surface area (Å²) in [5.41, 5.74) is 2.99. The lowest BCUT2D eigenvalue weighted by atomic mass is 9.96. The zero-order chi connectivity index (χ0) is 21.8. The molecule has 4 nitrogen and oxygen atoms in total. The van der Waals surface area contributed by atoms with Crippen LogP contribution in [-0.4, -0.2) is 37.0 Å². The lowest BCUT2D eigenvalue weighted by Crippen LogP contribution is -3.15. The predicted molar refractivity (Wildman–Crippen MR) is 112 cm³/mol. The van der Waals surface area contributed by atoms with Crippen LogP contribution in [0.15, 0.2) is 72.8 Å². The predicted octanol–water partition coefficient (Wildman–Crippen LogP) is 2.97. The first-order chi connectivity index (χ1) is 15.0. The quantitative estimate of drug-likeness (QED) is 0.708. The third-order valence-corrected chi connectivity index (χ3v) is 5.77. The van der Waals surface area contributed by atoms with Crippen LogP contribution in [0.1, 0.15) is 33.1 Å². The minimum absolute atomic E-state index is 0.0522. The summed E-state index contributed by atoms with van der Waals surface area (Å²) in [7, 11) is 0. The van der Waals surface area contributed by atoms with E-state index in [1.807, 2.05) is 4.90 Å². The first-order valence-corrected chi connectivity index (χ1v) is 10.2. The number of rotatable bonds is 4. The Bertz CT molecular complexity index is 1040. The first-order valence-electron chi connectivity index (χ1n) is 10.2. The van der Waals surface area contributed by atoms with E-state index >= 15 is 0 Å². The van der Waals surface area contributed by atoms with Crippen molar-refractivity contribution in [3.63, 3.8) is 0 Å². The van der Waals surface area contributed by atoms with Gasteiger partial charge in [0.2, 0.25) is 0 Å². The molecule has 0 radical (unpaired) electrons. The van der Waals surface area contributed by atoms with Crippen molar-refractivity contribution in [3.05, 3.63) is 107 Å². The topological polar surface area (TPSA) is 48.5 Å². The largest absolute Gasteiger partial charge is 0.327 e. The zero-order valence-electron chi connectivity index (χ0n) is 16.9. The molecule has 1 fully saturated rings. The molecule has 1 N–H and O–H groups in total. The highest BCUT2D eigenvalue weighted by Crippen LogP contribution is 2.21. The van der Waals surface area contributed by atoms with Gasteiger partial charge in [0.25, 0.3) is 5.91 Å². The second kappa shape index (κ2) is 9.07. The third-order valence-electron chi connectivity index (χ3n) is 5.77. The summed E-state index contributed by atoms with van der Waals surface area (Å²) in [6.45, 7) is 2.57. The summed E-state index contributed by atoms with van der Waals surface area (Å²) < 4.78 is 27.0. The number of nitrogens with one attached hydrogen (secondary N) is 1. The second-order valence-corrected chi connectivity index (χ2v) is 7.68. The molecule has 1 saturated heterocycles. The molecule has 0 aliphatic carbocycles. The van der Waals surface area contributed by atoms with Crippen LogP contribution in [-0.2, 0) is 0 Å². The summed E-state index contributed by atoms with van der Waals surface area (Å²) in [5.74, 6) is -0.646. The Morgan fingerprint density at radius 3 is 1.77 bits per heavy atom. The Labute approximate surface area is 179 Å². The molecule has 3 aromatic carbocycles. The number of halogens is 2. The molecule has 0 aromatic heterocycles. The Balaban J connectivity index is 1.52. The lowest BCUT2D eigenvalue weighted by Gasteiger charge is -2.37. The van der Waals surface area contributed by atoms with Crippen molar-refractivity contribution in [1.82, 2.24) is 4.90 Å². The highest BCUT2D eigenvalue weighted by molar-refractivity contribution is 5.94. The number of amides is 1. The maximum absolute atomic E-state index is 13.5. The summed E-state index contributed by atoms with van der Waals surface area (Å²) in [4.78, 5) is 15.9. The molecule has 3 aromatic rings. The van der Waals surface area contributed by atoms with Gasteiger partial charge in [-0.3, -0.25) is 4.79 Å². The van der Waals surface area contributed by atoms with Crippen molar-refractivity contribution in [2.45, 2.75) is 6.04 Å². The molecular formula is C25H22F2N3O+. The molecule has 0 spiro atoms. The van der Waals surface area contributed by atoms with E-state index in [9.17, 15) is 13.6 Å². The summed E-state index contributed by atoms with van der Waals surface area (Å²) >= 11 is 0. The molecule has 6 heteroatoms. The molecule has 1 aliphatic heterocycles. The number of hydrogen-bond acceptors (Lipinski definition) is 2. The fraction of sp³-hybridized carbons (Fsp3) is 0.200. The Morgan fingerprint density at radius 2 is 1.32 bits per heavy atom. The van der Waals surface area contributed by atoms with Gasteiger partial charge in [-0.25, -0.2) is 8.78 Å². The molecule has 0 bridgehead atoms. The minimum atomic E-state index is -0.297. The Morgan fingerprint density at radius 1 is 0.839 bits per heavy atom. The van der Waals surface area contributed by atoms with E-state index in [4.69, 9.17) is 5.26 Å². The van der Waals surface area contributed by atoms with Crippen LogP contribution in [0, 0.1) is 23.0 Å². The van der Waals surface area contributed by atoms with Gasteiger partial charge in [0, 0.05) is 16.7 Å². The van der Waals surface area contributed by atoms with Crippen LogP contribution < -0.4 is 4.90 Å². The molecule has 0 saturated carbocycles. The molecule has 0 atom stereocenters. The van der Waals surface area contributed by atoms with Crippen LogP contribution in [0.3, 0.4) is 0 Å². The van der Waals surface area contributed by atoms with Crippen LogP contribution in [0.2, 0.25) is 0 Å². The van der Waals surface area contributed by atoms with Crippen molar-refractivity contribution in [1.29, 1.82) is 5.26 Å². The number of carbonyl (C=O) groups is 1. The molecule has 31 heavy (non-hydrogen) atoms. The fourth-order valence-electron chi connectivity index (χ4n) is 4.13. The maximum atomic E-state index is 13.5. The van der Waals surface area contributed by atoms with Gasteiger partial charge in [-0.1, -0.05) is 0 Å². The average Bonchev–Trinajstić information content (AvgIpc) is 2.82. The highest BCUT2D eigenvalue weighted by atomic mass is 19.1. The zero-order valence-corrected chi connectivity index (χ0v) is 16.9. The van der Waals surface area contributed by atoms with E-state index < -0.39 is 0 Å². The van der Waals surface area contributed by atoms with Crippen molar-refractivity contribution in [2.75, 3.05) is 26.2 Å². The first kappa shape index (κ1) is 20.7. The third kappa shape index (κ3) is 4.62. The molecular weight excluding hydrogens is 396 g/mol.